The number of hydrogen-bond acceptors (Lipinski definition) is 5. The van der Waals surface area contributed by atoms with Crippen LogP contribution >= 0.6 is 0 Å². The van der Waals surface area contributed by atoms with Crippen LogP contribution < -0.4 is 9.47 Å². The van der Waals surface area contributed by atoms with Gasteiger partial charge in [0, 0.05) is 6.07 Å². The summed E-state index contributed by atoms with van der Waals surface area (Å²) in [5, 5.41) is 0. The monoisotopic (exact) mass is 288 g/mol. The SMILES string of the molecule is COC(=O)c1c(/C=C/c2ccco2)cc(OC)cc1OC. The average Bonchev–Trinajstić information content (AvgIpc) is 3.04. The van der Waals surface area contributed by atoms with Gasteiger partial charge in [-0.15, -0.1) is 0 Å². The zero-order valence-corrected chi connectivity index (χ0v) is 12.1. The van der Waals surface area contributed by atoms with Crippen molar-refractivity contribution >= 4 is 18.1 Å². The molecule has 0 saturated heterocycles. The fourth-order valence-electron chi connectivity index (χ4n) is 1.90. The lowest BCUT2D eigenvalue weighted by Gasteiger charge is -2.12. The van der Waals surface area contributed by atoms with Gasteiger partial charge in [0.25, 0.3) is 0 Å². The molecule has 5 heteroatoms. The van der Waals surface area contributed by atoms with Gasteiger partial charge in [0.15, 0.2) is 0 Å². The second kappa shape index (κ2) is 6.65. The third-order valence-corrected chi connectivity index (χ3v) is 2.92. The van der Waals surface area contributed by atoms with Gasteiger partial charge in [0.05, 0.1) is 27.6 Å². The first-order chi connectivity index (χ1) is 10.2. The summed E-state index contributed by atoms with van der Waals surface area (Å²) < 4.78 is 20.5. The van der Waals surface area contributed by atoms with E-state index < -0.39 is 5.97 Å². The molecule has 2 rings (SSSR count). The molecule has 5 nitrogen and oxygen atoms in total. The van der Waals surface area contributed by atoms with Gasteiger partial charge in [-0.25, -0.2) is 4.79 Å². The van der Waals surface area contributed by atoms with Gasteiger partial charge in [-0.3, -0.25) is 0 Å². The number of hydrogen-bond donors (Lipinski definition) is 0. The number of furan rings is 1. The Morgan fingerprint density at radius 1 is 1.14 bits per heavy atom. The fourth-order valence-corrected chi connectivity index (χ4v) is 1.90. The van der Waals surface area contributed by atoms with Crippen molar-refractivity contribution in [3.8, 4) is 11.5 Å². The van der Waals surface area contributed by atoms with Crippen LogP contribution in [0, 0.1) is 0 Å². The van der Waals surface area contributed by atoms with E-state index in [1.165, 1.54) is 14.2 Å². The molecule has 0 aliphatic heterocycles. The Bertz CT molecular complexity index is 641. The molecule has 0 saturated carbocycles. The van der Waals surface area contributed by atoms with Crippen LogP contribution in [0.25, 0.3) is 12.2 Å². The Labute approximate surface area is 122 Å². The van der Waals surface area contributed by atoms with Crippen LogP contribution in [0.15, 0.2) is 34.9 Å². The first-order valence-corrected chi connectivity index (χ1v) is 6.25. The first kappa shape index (κ1) is 14.7. The summed E-state index contributed by atoms with van der Waals surface area (Å²) in [6, 6.07) is 6.96. The van der Waals surface area contributed by atoms with Crippen LogP contribution in [0.1, 0.15) is 21.7 Å². The van der Waals surface area contributed by atoms with E-state index in [9.17, 15) is 4.79 Å². The van der Waals surface area contributed by atoms with E-state index in [1.807, 2.05) is 6.07 Å². The Morgan fingerprint density at radius 2 is 1.95 bits per heavy atom. The van der Waals surface area contributed by atoms with Gasteiger partial charge >= 0.3 is 5.97 Å². The van der Waals surface area contributed by atoms with E-state index >= 15 is 0 Å². The summed E-state index contributed by atoms with van der Waals surface area (Å²) in [6.07, 6.45) is 5.07. The second-order valence-corrected chi connectivity index (χ2v) is 4.13. The molecule has 0 bridgehead atoms. The summed E-state index contributed by atoms with van der Waals surface area (Å²) in [7, 11) is 4.36. The molecule has 1 heterocycles. The Hall–Kier alpha value is -2.69. The third-order valence-electron chi connectivity index (χ3n) is 2.92. The molecule has 0 amide bonds. The number of carbonyl (C=O) groups is 1. The molecule has 0 atom stereocenters. The van der Waals surface area contributed by atoms with Crippen LogP contribution in [-0.4, -0.2) is 27.3 Å². The lowest BCUT2D eigenvalue weighted by atomic mass is 10.0. The van der Waals surface area contributed by atoms with Crippen molar-refractivity contribution in [3.05, 3.63) is 47.4 Å². The maximum absolute atomic E-state index is 12.0. The van der Waals surface area contributed by atoms with E-state index in [0.29, 0.717) is 28.4 Å². The molecule has 2 aromatic rings. The zero-order chi connectivity index (χ0) is 15.2. The van der Waals surface area contributed by atoms with Crippen molar-refractivity contribution in [1.29, 1.82) is 0 Å². The van der Waals surface area contributed by atoms with Crippen LogP contribution in [0.3, 0.4) is 0 Å². The second-order valence-electron chi connectivity index (χ2n) is 4.13. The molecule has 0 spiro atoms. The number of benzene rings is 1. The summed E-state index contributed by atoms with van der Waals surface area (Å²) in [5.41, 5.74) is 0.957. The van der Waals surface area contributed by atoms with E-state index in [0.717, 1.165) is 0 Å². The molecule has 1 aromatic carbocycles. The maximum atomic E-state index is 12.0. The van der Waals surface area contributed by atoms with E-state index in [1.54, 1.807) is 43.7 Å². The lowest BCUT2D eigenvalue weighted by Crippen LogP contribution is -2.07. The highest BCUT2D eigenvalue weighted by atomic mass is 16.5. The molecule has 0 fully saturated rings. The van der Waals surface area contributed by atoms with E-state index in [2.05, 4.69) is 0 Å². The van der Waals surface area contributed by atoms with Gasteiger partial charge in [0.1, 0.15) is 22.8 Å². The van der Waals surface area contributed by atoms with Crippen molar-refractivity contribution in [2.24, 2.45) is 0 Å². The third kappa shape index (κ3) is 3.25. The van der Waals surface area contributed by atoms with Gasteiger partial charge in [-0.05, 0) is 29.8 Å². The Kier molecular flexibility index (Phi) is 4.66. The summed E-state index contributed by atoms with van der Waals surface area (Å²) in [5.74, 6) is 1.17. The van der Waals surface area contributed by atoms with Crippen LogP contribution in [0.2, 0.25) is 0 Å². The smallest absolute Gasteiger partial charge is 0.342 e. The minimum absolute atomic E-state index is 0.337. The lowest BCUT2D eigenvalue weighted by molar-refractivity contribution is 0.0597. The molecular weight excluding hydrogens is 272 g/mol. The number of rotatable bonds is 5. The average molecular weight is 288 g/mol. The molecular formula is C16H16O5. The molecule has 21 heavy (non-hydrogen) atoms. The van der Waals surface area contributed by atoms with E-state index in [-0.39, 0.29) is 0 Å². The van der Waals surface area contributed by atoms with Gasteiger partial charge in [0.2, 0.25) is 0 Å². The van der Waals surface area contributed by atoms with E-state index in [4.69, 9.17) is 18.6 Å². The van der Waals surface area contributed by atoms with Crippen molar-refractivity contribution in [3.63, 3.8) is 0 Å². The van der Waals surface area contributed by atoms with Crippen molar-refractivity contribution in [2.45, 2.75) is 0 Å². The highest BCUT2D eigenvalue weighted by molar-refractivity contribution is 5.98. The molecule has 0 aliphatic rings. The van der Waals surface area contributed by atoms with Gasteiger partial charge in [-0.2, -0.15) is 0 Å². The predicted molar refractivity (Wildman–Crippen MR) is 78.5 cm³/mol. The van der Waals surface area contributed by atoms with Crippen LogP contribution in [0.5, 0.6) is 11.5 Å². The van der Waals surface area contributed by atoms with Crippen LogP contribution in [0.4, 0.5) is 0 Å². The first-order valence-electron chi connectivity index (χ1n) is 6.25. The quantitative estimate of drug-likeness (QED) is 0.790. The van der Waals surface area contributed by atoms with Gasteiger partial charge in [-0.1, -0.05) is 6.08 Å². The fraction of sp³-hybridized carbons (Fsp3) is 0.188. The van der Waals surface area contributed by atoms with Crippen molar-refractivity contribution in [2.75, 3.05) is 21.3 Å². The standard InChI is InChI=1S/C16H16O5/c1-18-13-9-11(6-7-12-5-4-8-21-12)15(16(17)20-3)14(10-13)19-2/h4-10H,1-3H3/b7-6+. The number of ether oxygens (including phenoxy) is 3. The number of methoxy groups -OCH3 is 3. The minimum atomic E-state index is -0.478. The summed E-state index contributed by atoms with van der Waals surface area (Å²) in [6.45, 7) is 0. The van der Waals surface area contributed by atoms with Crippen LogP contribution in [-0.2, 0) is 4.74 Å². The molecule has 0 unspecified atom stereocenters. The highest BCUT2D eigenvalue weighted by Crippen LogP contribution is 2.30. The molecule has 0 aliphatic carbocycles. The molecule has 110 valence electrons. The molecule has 1 aromatic heterocycles. The normalized spacial score (nSPS) is 10.6. The Balaban J connectivity index is 2.52. The number of esters is 1. The zero-order valence-electron chi connectivity index (χ0n) is 12.1. The molecule has 0 radical (unpaired) electrons. The summed E-state index contributed by atoms with van der Waals surface area (Å²) >= 11 is 0. The van der Waals surface area contributed by atoms with Crippen molar-refractivity contribution < 1.29 is 23.4 Å². The minimum Gasteiger partial charge on any atom is -0.497 e. The largest absolute Gasteiger partial charge is 0.497 e. The highest BCUT2D eigenvalue weighted by Gasteiger charge is 2.18. The number of carbonyl (C=O) groups excluding carboxylic acids is 1. The summed E-state index contributed by atoms with van der Waals surface area (Å²) in [4.78, 5) is 12.0. The van der Waals surface area contributed by atoms with Gasteiger partial charge < -0.3 is 18.6 Å². The maximum Gasteiger partial charge on any atom is 0.342 e. The Morgan fingerprint density at radius 3 is 2.52 bits per heavy atom. The van der Waals surface area contributed by atoms with Crippen molar-refractivity contribution in [1.82, 2.24) is 0 Å². The molecule has 0 N–H and O–H groups in total. The topological polar surface area (TPSA) is 57.9 Å². The predicted octanol–water partition coefficient (Wildman–Crippen LogP) is 3.25.